The third-order valence-corrected chi connectivity index (χ3v) is 4.71. The highest BCUT2D eigenvalue weighted by Gasteiger charge is 2.18. The summed E-state index contributed by atoms with van der Waals surface area (Å²) in [6.45, 7) is 1.63. The normalized spacial score (nSPS) is 11.0. The van der Waals surface area contributed by atoms with Crippen molar-refractivity contribution in [1.82, 2.24) is 9.97 Å². The first-order chi connectivity index (χ1) is 14.3. The summed E-state index contributed by atoms with van der Waals surface area (Å²) < 4.78 is 69.6. The lowest BCUT2D eigenvalue weighted by Gasteiger charge is -2.10. The summed E-state index contributed by atoms with van der Waals surface area (Å²) in [7, 11) is 0. The minimum Gasteiger partial charge on any atom is -0.236 e. The van der Waals surface area contributed by atoms with Crippen molar-refractivity contribution in [2.75, 3.05) is 0 Å². The van der Waals surface area contributed by atoms with Crippen molar-refractivity contribution in [2.24, 2.45) is 0 Å². The van der Waals surface area contributed by atoms with E-state index in [1.54, 1.807) is 19.1 Å². The highest BCUT2D eigenvalue weighted by Crippen LogP contribution is 2.32. The van der Waals surface area contributed by atoms with E-state index in [1.807, 2.05) is 0 Å². The molecule has 0 bridgehead atoms. The predicted molar refractivity (Wildman–Crippen MR) is 103 cm³/mol. The number of halogens is 5. The van der Waals surface area contributed by atoms with Gasteiger partial charge in [-0.05, 0) is 36.2 Å². The Morgan fingerprint density at radius 2 is 1.13 bits per heavy atom. The van der Waals surface area contributed by atoms with Crippen LogP contribution in [-0.2, 0) is 0 Å². The Balaban J connectivity index is 1.69. The van der Waals surface area contributed by atoms with E-state index >= 15 is 0 Å². The van der Waals surface area contributed by atoms with Gasteiger partial charge in [-0.1, -0.05) is 30.3 Å². The molecule has 150 valence electrons. The van der Waals surface area contributed by atoms with Crippen LogP contribution in [0.15, 0.2) is 60.9 Å². The molecule has 30 heavy (non-hydrogen) atoms. The predicted octanol–water partition coefficient (Wildman–Crippen LogP) is 6.48. The average molecular weight is 412 g/mol. The molecule has 3 aromatic carbocycles. The van der Waals surface area contributed by atoms with Gasteiger partial charge in [0.15, 0.2) is 29.1 Å². The highest BCUT2D eigenvalue weighted by molar-refractivity contribution is 5.71. The van der Waals surface area contributed by atoms with Gasteiger partial charge < -0.3 is 0 Å². The van der Waals surface area contributed by atoms with Gasteiger partial charge in [-0.15, -0.1) is 0 Å². The van der Waals surface area contributed by atoms with Crippen LogP contribution in [0.25, 0.3) is 33.6 Å². The monoisotopic (exact) mass is 412 g/mol. The molecule has 0 saturated heterocycles. The van der Waals surface area contributed by atoms with Crippen LogP contribution in [-0.4, -0.2) is 9.97 Å². The third kappa shape index (κ3) is 3.54. The van der Waals surface area contributed by atoms with E-state index in [-0.39, 0.29) is 28.1 Å². The Morgan fingerprint density at radius 1 is 0.567 bits per heavy atom. The lowest BCUT2D eigenvalue weighted by molar-refractivity contribution is 0.507. The van der Waals surface area contributed by atoms with Gasteiger partial charge in [0.05, 0.1) is 0 Å². The van der Waals surface area contributed by atoms with E-state index < -0.39 is 29.1 Å². The minimum absolute atomic E-state index is 0.00449. The van der Waals surface area contributed by atoms with Crippen LogP contribution in [0.4, 0.5) is 22.0 Å². The Hall–Kier alpha value is -3.61. The molecule has 7 heteroatoms. The average Bonchev–Trinajstić information content (AvgIpc) is 2.74. The molecule has 0 N–H and O–H groups in total. The smallest absolute Gasteiger partial charge is 0.167 e. The summed E-state index contributed by atoms with van der Waals surface area (Å²) in [4.78, 5) is 8.22. The SMILES string of the molecule is Cc1ccc(-c2ncc(-c3ccc(-c4ccc(F)c(F)c4)c(F)c3F)cn2)cc1F. The molecule has 0 aliphatic heterocycles. The fourth-order valence-electron chi connectivity index (χ4n) is 3.01. The van der Waals surface area contributed by atoms with Crippen LogP contribution < -0.4 is 0 Å². The second-order valence-corrected chi connectivity index (χ2v) is 6.68. The summed E-state index contributed by atoms with van der Waals surface area (Å²) in [5.74, 6) is -4.79. The lowest BCUT2D eigenvalue weighted by atomic mass is 10.00. The fourth-order valence-corrected chi connectivity index (χ4v) is 3.01. The molecule has 2 nitrogen and oxygen atoms in total. The van der Waals surface area contributed by atoms with Gasteiger partial charge >= 0.3 is 0 Å². The lowest BCUT2D eigenvalue weighted by Crippen LogP contribution is -1.97. The Morgan fingerprint density at radius 3 is 1.73 bits per heavy atom. The molecule has 0 spiro atoms. The number of hydrogen-bond donors (Lipinski definition) is 0. The molecule has 1 heterocycles. The van der Waals surface area contributed by atoms with Crippen LogP contribution >= 0.6 is 0 Å². The quantitative estimate of drug-likeness (QED) is 0.360. The van der Waals surface area contributed by atoms with Gasteiger partial charge in [-0.2, -0.15) is 0 Å². The maximum absolute atomic E-state index is 14.7. The Kier molecular flexibility index (Phi) is 5.03. The standard InChI is InChI=1S/C23H13F5N2/c1-12-2-3-14(9-19(12)25)23-29-10-15(11-30-23)17-6-5-16(21(27)22(17)28)13-4-7-18(24)20(26)8-13/h2-11H,1H3. The molecular weight excluding hydrogens is 399 g/mol. The van der Waals surface area contributed by atoms with Crippen molar-refractivity contribution < 1.29 is 22.0 Å². The van der Waals surface area contributed by atoms with Crippen molar-refractivity contribution >= 4 is 0 Å². The summed E-state index contributed by atoms with van der Waals surface area (Å²) in [5.41, 5.74) is 0.840. The van der Waals surface area contributed by atoms with Gasteiger partial charge in [0.25, 0.3) is 0 Å². The first-order valence-corrected chi connectivity index (χ1v) is 8.87. The molecule has 0 radical (unpaired) electrons. The van der Waals surface area contributed by atoms with Gasteiger partial charge in [-0.3, -0.25) is 0 Å². The van der Waals surface area contributed by atoms with E-state index in [2.05, 4.69) is 9.97 Å². The fraction of sp³-hybridized carbons (Fsp3) is 0.0435. The topological polar surface area (TPSA) is 25.8 Å². The maximum atomic E-state index is 14.7. The third-order valence-electron chi connectivity index (χ3n) is 4.71. The summed E-state index contributed by atoms with van der Waals surface area (Å²) >= 11 is 0. The second-order valence-electron chi connectivity index (χ2n) is 6.68. The summed E-state index contributed by atoms with van der Waals surface area (Å²) in [5, 5.41) is 0. The number of rotatable bonds is 3. The van der Waals surface area contributed by atoms with E-state index in [0.29, 0.717) is 11.1 Å². The first-order valence-electron chi connectivity index (χ1n) is 8.87. The highest BCUT2D eigenvalue weighted by atomic mass is 19.2. The van der Waals surface area contributed by atoms with Crippen molar-refractivity contribution in [2.45, 2.75) is 6.92 Å². The van der Waals surface area contributed by atoms with Gasteiger partial charge in [-0.25, -0.2) is 31.9 Å². The molecule has 0 atom stereocenters. The van der Waals surface area contributed by atoms with E-state index in [1.165, 1.54) is 30.6 Å². The Bertz CT molecular complexity index is 1250. The molecule has 0 fully saturated rings. The zero-order valence-corrected chi connectivity index (χ0v) is 15.6. The van der Waals surface area contributed by atoms with Crippen molar-refractivity contribution in [3.63, 3.8) is 0 Å². The van der Waals surface area contributed by atoms with E-state index in [4.69, 9.17) is 0 Å². The van der Waals surface area contributed by atoms with E-state index in [9.17, 15) is 22.0 Å². The molecule has 4 aromatic rings. The number of aryl methyl sites for hydroxylation is 1. The number of hydrogen-bond acceptors (Lipinski definition) is 2. The van der Waals surface area contributed by atoms with Gasteiger partial charge in [0, 0.05) is 34.6 Å². The molecule has 0 aliphatic carbocycles. The Labute approximate surface area is 168 Å². The molecule has 0 unspecified atom stereocenters. The zero-order valence-electron chi connectivity index (χ0n) is 15.6. The van der Waals surface area contributed by atoms with E-state index in [0.717, 1.165) is 18.2 Å². The number of benzene rings is 3. The number of nitrogens with zero attached hydrogens (tertiary/aromatic N) is 2. The van der Waals surface area contributed by atoms with Crippen LogP contribution in [0.5, 0.6) is 0 Å². The van der Waals surface area contributed by atoms with Gasteiger partial charge in [0.2, 0.25) is 0 Å². The largest absolute Gasteiger partial charge is 0.236 e. The molecule has 0 amide bonds. The zero-order chi connectivity index (χ0) is 21.4. The second kappa shape index (κ2) is 7.67. The number of aromatic nitrogens is 2. The molecule has 4 rings (SSSR count). The van der Waals surface area contributed by atoms with Crippen LogP contribution in [0.1, 0.15) is 5.56 Å². The summed E-state index contributed by atoms with van der Waals surface area (Å²) in [6, 6.07) is 9.92. The van der Waals surface area contributed by atoms with Crippen molar-refractivity contribution in [3.8, 4) is 33.6 Å². The van der Waals surface area contributed by atoms with Gasteiger partial charge in [0.1, 0.15) is 5.82 Å². The van der Waals surface area contributed by atoms with Crippen molar-refractivity contribution in [1.29, 1.82) is 0 Å². The summed E-state index contributed by atoms with van der Waals surface area (Å²) in [6.07, 6.45) is 2.60. The molecule has 0 aliphatic rings. The molecular formula is C23H13F5N2. The first kappa shape index (κ1) is 19.7. The van der Waals surface area contributed by atoms with Crippen LogP contribution in [0.2, 0.25) is 0 Å². The minimum atomic E-state index is -1.21. The van der Waals surface area contributed by atoms with Crippen LogP contribution in [0, 0.1) is 36.0 Å². The molecule has 0 saturated carbocycles. The van der Waals surface area contributed by atoms with Crippen LogP contribution in [0.3, 0.4) is 0 Å². The maximum Gasteiger partial charge on any atom is 0.167 e. The molecule has 1 aromatic heterocycles. The van der Waals surface area contributed by atoms with Crippen molar-refractivity contribution in [3.05, 3.63) is 95.6 Å².